The second-order valence-corrected chi connectivity index (χ2v) is 5.63. The molecule has 15 heavy (non-hydrogen) atoms. The lowest BCUT2D eigenvalue weighted by atomic mass is 9.85. The fourth-order valence-electron chi connectivity index (χ4n) is 2.00. The van der Waals surface area contributed by atoms with E-state index in [9.17, 15) is 4.79 Å². The molecule has 3 nitrogen and oxygen atoms in total. The molecule has 0 bridgehead atoms. The van der Waals surface area contributed by atoms with Crippen LogP contribution in [-0.4, -0.2) is 9.97 Å². The average molecular weight is 316 g/mol. The number of rotatable bonds is 2. The Kier molecular flexibility index (Phi) is 2.34. The summed E-state index contributed by atoms with van der Waals surface area (Å²) in [5, 5.41) is 0. The minimum atomic E-state index is 0.0643. The zero-order valence-electron chi connectivity index (χ0n) is 8.42. The second-order valence-electron chi connectivity index (χ2n) is 4.55. The van der Waals surface area contributed by atoms with Gasteiger partial charge in [-0.05, 0) is 48.3 Å². The second kappa shape index (κ2) is 3.57. The zero-order valence-corrected chi connectivity index (χ0v) is 10.6. The van der Waals surface area contributed by atoms with Crippen LogP contribution in [0.25, 0.3) is 0 Å². The van der Waals surface area contributed by atoms with Crippen LogP contribution >= 0.6 is 22.6 Å². The smallest absolute Gasteiger partial charge is 0.264 e. The van der Waals surface area contributed by atoms with Crippen LogP contribution in [0.4, 0.5) is 0 Å². The van der Waals surface area contributed by atoms with Gasteiger partial charge in [0.25, 0.3) is 5.56 Å². The zero-order chi connectivity index (χ0) is 10.4. The van der Waals surface area contributed by atoms with Crippen LogP contribution in [0.2, 0.25) is 0 Å². The molecule has 2 saturated carbocycles. The van der Waals surface area contributed by atoms with Gasteiger partial charge < -0.3 is 4.98 Å². The molecule has 0 radical (unpaired) electrons. The Bertz CT molecular complexity index is 446. The fourth-order valence-corrected chi connectivity index (χ4v) is 2.69. The molecule has 4 heteroatoms. The first kappa shape index (κ1) is 9.81. The summed E-state index contributed by atoms with van der Waals surface area (Å²) in [5.41, 5.74) is 1.12. The SMILES string of the molecule is O=c1[nH]c(C2CCC2)nc(C2CC2)c1I. The summed E-state index contributed by atoms with van der Waals surface area (Å²) in [6.45, 7) is 0. The molecule has 0 amide bonds. The normalized spacial score (nSPS) is 21.4. The number of hydrogen-bond acceptors (Lipinski definition) is 2. The number of hydrogen-bond donors (Lipinski definition) is 1. The molecule has 2 aliphatic carbocycles. The maximum atomic E-state index is 11.7. The van der Waals surface area contributed by atoms with Crippen LogP contribution in [0.5, 0.6) is 0 Å². The fraction of sp³-hybridized carbons (Fsp3) is 0.636. The molecule has 0 saturated heterocycles. The monoisotopic (exact) mass is 316 g/mol. The van der Waals surface area contributed by atoms with E-state index in [0.29, 0.717) is 11.8 Å². The van der Waals surface area contributed by atoms with Gasteiger partial charge in [0.2, 0.25) is 0 Å². The quantitative estimate of drug-likeness (QED) is 0.852. The lowest BCUT2D eigenvalue weighted by molar-refractivity contribution is 0.399. The van der Waals surface area contributed by atoms with E-state index < -0.39 is 0 Å². The lowest BCUT2D eigenvalue weighted by Crippen LogP contribution is -2.22. The van der Waals surface area contributed by atoms with Crippen molar-refractivity contribution in [3.63, 3.8) is 0 Å². The van der Waals surface area contributed by atoms with Crippen LogP contribution in [0, 0.1) is 3.57 Å². The maximum absolute atomic E-state index is 11.7. The molecule has 0 spiro atoms. The van der Waals surface area contributed by atoms with Crippen LogP contribution in [0.3, 0.4) is 0 Å². The summed E-state index contributed by atoms with van der Waals surface area (Å²) in [6.07, 6.45) is 6.06. The minimum Gasteiger partial charge on any atom is -0.309 e. The molecule has 1 N–H and O–H groups in total. The van der Waals surface area contributed by atoms with Gasteiger partial charge in [0.1, 0.15) is 5.82 Å². The van der Waals surface area contributed by atoms with Crippen molar-refractivity contribution in [2.45, 2.75) is 43.9 Å². The van der Waals surface area contributed by atoms with E-state index in [1.165, 1.54) is 32.1 Å². The first-order valence-electron chi connectivity index (χ1n) is 5.55. The van der Waals surface area contributed by atoms with E-state index in [1.807, 2.05) is 0 Å². The molecule has 1 aromatic heterocycles. The highest BCUT2D eigenvalue weighted by Gasteiger charge is 2.30. The van der Waals surface area contributed by atoms with Crippen molar-refractivity contribution in [3.05, 3.63) is 25.4 Å². The van der Waals surface area contributed by atoms with Crippen LogP contribution in [0.1, 0.15) is 55.5 Å². The Hall–Kier alpha value is -0.390. The van der Waals surface area contributed by atoms with Crippen molar-refractivity contribution in [2.75, 3.05) is 0 Å². The molecule has 3 rings (SSSR count). The molecule has 80 valence electrons. The van der Waals surface area contributed by atoms with Crippen LogP contribution < -0.4 is 5.56 Å². The van der Waals surface area contributed by atoms with E-state index in [-0.39, 0.29) is 5.56 Å². The Morgan fingerprint density at radius 1 is 1.20 bits per heavy atom. The van der Waals surface area contributed by atoms with Gasteiger partial charge in [0.15, 0.2) is 0 Å². The first-order chi connectivity index (χ1) is 7.25. The van der Waals surface area contributed by atoms with E-state index >= 15 is 0 Å². The first-order valence-corrected chi connectivity index (χ1v) is 6.63. The van der Waals surface area contributed by atoms with E-state index in [2.05, 4.69) is 32.6 Å². The Morgan fingerprint density at radius 2 is 1.93 bits per heavy atom. The van der Waals surface area contributed by atoms with E-state index in [0.717, 1.165) is 15.1 Å². The molecule has 2 aliphatic rings. The third-order valence-electron chi connectivity index (χ3n) is 3.36. The molecule has 0 aromatic carbocycles. The molecule has 1 aromatic rings. The van der Waals surface area contributed by atoms with Crippen molar-refractivity contribution in [2.24, 2.45) is 0 Å². The molecular formula is C11H13IN2O. The molecule has 0 unspecified atom stereocenters. The Morgan fingerprint density at radius 3 is 2.47 bits per heavy atom. The summed E-state index contributed by atoms with van der Waals surface area (Å²) < 4.78 is 0.804. The number of nitrogens with zero attached hydrogens (tertiary/aromatic N) is 1. The van der Waals surface area contributed by atoms with E-state index in [1.54, 1.807) is 0 Å². The van der Waals surface area contributed by atoms with Gasteiger partial charge >= 0.3 is 0 Å². The Balaban J connectivity index is 2.04. The summed E-state index contributed by atoms with van der Waals surface area (Å²) in [4.78, 5) is 19.3. The third kappa shape index (κ3) is 1.73. The highest BCUT2D eigenvalue weighted by Crippen LogP contribution is 2.41. The van der Waals surface area contributed by atoms with Gasteiger partial charge in [-0.3, -0.25) is 4.79 Å². The maximum Gasteiger partial charge on any atom is 0.264 e. The van der Waals surface area contributed by atoms with Gasteiger partial charge in [0, 0.05) is 11.8 Å². The van der Waals surface area contributed by atoms with Crippen molar-refractivity contribution >= 4 is 22.6 Å². The van der Waals surface area contributed by atoms with E-state index in [4.69, 9.17) is 0 Å². The third-order valence-corrected chi connectivity index (χ3v) is 4.41. The van der Waals surface area contributed by atoms with Crippen molar-refractivity contribution in [1.29, 1.82) is 0 Å². The average Bonchev–Trinajstić information content (AvgIpc) is 2.90. The molecule has 2 fully saturated rings. The predicted molar refractivity (Wildman–Crippen MR) is 66.1 cm³/mol. The number of halogens is 1. The van der Waals surface area contributed by atoms with Gasteiger partial charge in [-0.15, -0.1) is 0 Å². The molecule has 0 aliphatic heterocycles. The Labute approximate surface area is 102 Å². The minimum absolute atomic E-state index is 0.0643. The lowest BCUT2D eigenvalue weighted by Gasteiger charge is -2.24. The van der Waals surface area contributed by atoms with Gasteiger partial charge in [-0.2, -0.15) is 0 Å². The van der Waals surface area contributed by atoms with Crippen molar-refractivity contribution < 1.29 is 0 Å². The molecular weight excluding hydrogens is 303 g/mol. The predicted octanol–water partition coefficient (Wildman–Crippen LogP) is 2.52. The highest BCUT2D eigenvalue weighted by molar-refractivity contribution is 14.1. The van der Waals surface area contributed by atoms with Gasteiger partial charge in [-0.1, -0.05) is 6.42 Å². The topological polar surface area (TPSA) is 45.8 Å². The largest absolute Gasteiger partial charge is 0.309 e. The van der Waals surface area contributed by atoms with Crippen molar-refractivity contribution in [1.82, 2.24) is 9.97 Å². The molecule has 1 heterocycles. The number of aromatic nitrogens is 2. The highest BCUT2D eigenvalue weighted by atomic mass is 127. The summed E-state index contributed by atoms with van der Waals surface area (Å²) in [7, 11) is 0. The number of nitrogens with one attached hydrogen (secondary N) is 1. The summed E-state index contributed by atoms with van der Waals surface area (Å²) in [6, 6.07) is 0. The van der Waals surface area contributed by atoms with Crippen molar-refractivity contribution in [3.8, 4) is 0 Å². The summed E-state index contributed by atoms with van der Waals surface area (Å²) >= 11 is 2.12. The van der Waals surface area contributed by atoms with Gasteiger partial charge in [-0.25, -0.2) is 4.98 Å². The standard InChI is InChI=1S/C11H13IN2O/c12-8-9(6-4-5-6)13-10(14-11(8)15)7-2-1-3-7/h6-7H,1-5H2,(H,13,14,15). The summed E-state index contributed by atoms with van der Waals surface area (Å²) in [5.74, 6) is 2.03. The van der Waals surface area contributed by atoms with Crippen LogP contribution in [-0.2, 0) is 0 Å². The number of aromatic amines is 1. The van der Waals surface area contributed by atoms with Crippen LogP contribution in [0.15, 0.2) is 4.79 Å². The number of H-pyrrole nitrogens is 1. The van der Waals surface area contributed by atoms with Gasteiger partial charge in [0.05, 0.1) is 9.26 Å². The molecule has 0 atom stereocenters.